The van der Waals surface area contributed by atoms with Gasteiger partial charge < -0.3 is 4.42 Å². The molecule has 1 aromatic heterocycles. The van der Waals surface area contributed by atoms with Crippen LogP contribution in [-0.4, -0.2) is 18.7 Å². The molecule has 4 nitrogen and oxygen atoms in total. The molecule has 1 N–H and O–H groups in total. The lowest BCUT2D eigenvalue weighted by atomic mass is 10.3. The van der Waals surface area contributed by atoms with E-state index in [-0.39, 0.29) is 12.2 Å². The molecule has 11 heavy (non-hydrogen) atoms. The molecule has 0 aliphatic rings. The van der Waals surface area contributed by atoms with E-state index in [1.54, 1.807) is 6.07 Å². The molecule has 62 valence electrons. The number of rotatable bonds is 3. The van der Waals surface area contributed by atoms with E-state index in [1.165, 1.54) is 12.5 Å². The topological polar surface area (TPSA) is 67.5 Å². The van der Waals surface area contributed by atoms with Crippen molar-refractivity contribution in [2.24, 2.45) is 0 Å². The summed E-state index contributed by atoms with van der Waals surface area (Å²) < 4.78 is 33.6. The molecule has 5 heteroatoms. The number of furan rings is 1. The maximum absolute atomic E-state index is 10.3. The van der Waals surface area contributed by atoms with Gasteiger partial charge in [-0.3, -0.25) is 4.55 Å². The smallest absolute Gasteiger partial charge is 0.265 e. The first-order valence-corrected chi connectivity index (χ1v) is 4.65. The van der Waals surface area contributed by atoms with E-state index >= 15 is 0 Å². The third kappa shape index (κ3) is 3.20. The molecule has 0 aromatic carbocycles. The van der Waals surface area contributed by atoms with Crippen LogP contribution in [0, 0.1) is 0 Å². The average molecular weight is 176 g/mol. The van der Waals surface area contributed by atoms with Gasteiger partial charge in [0.25, 0.3) is 10.1 Å². The van der Waals surface area contributed by atoms with Crippen LogP contribution in [0.2, 0.25) is 0 Å². The summed E-state index contributed by atoms with van der Waals surface area (Å²) in [5.41, 5.74) is 0.766. The van der Waals surface area contributed by atoms with Gasteiger partial charge in [0, 0.05) is 0 Å². The van der Waals surface area contributed by atoms with E-state index in [0.717, 1.165) is 5.56 Å². The second kappa shape index (κ2) is 3.06. The highest BCUT2D eigenvalue weighted by Gasteiger charge is 2.04. The van der Waals surface area contributed by atoms with E-state index in [1.807, 2.05) is 0 Å². The first-order chi connectivity index (χ1) is 5.08. The lowest BCUT2D eigenvalue weighted by molar-refractivity contribution is 0.482. The molecular formula is C6H8O4S. The molecule has 0 radical (unpaired) electrons. The Balaban J connectivity index is 2.48. The van der Waals surface area contributed by atoms with Crippen LogP contribution in [-0.2, 0) is 16.5 Å². The van der Waals surface area contributed by atoms with Gasteiger partial charge in [-0.1, -0.05) is 0 Å². The zero-order chi connectivity index (χ0) is 8.32. The van der Waals surface area contributed by atoms with Crippen molar-refractivity contribution in [3.8, 4) is 0 Å². The first-order valence-electron chi connectivity index (χ1n) is 3.04. The first kappa shape index (κ1) is 8.29. The fourth-order valence-corrected chi connectivity index (χ4v) is 1.18. The number of aryl methyl sites for hydroxylation is 1. The van der Waals surface area contributed by atoms with Gasteiger partial charge in [-0.25, -0.2) is 0 Å². The van der Waals surface area contributed by atoms with Gasteiger partial charge in [-0.05, 0) is 18.1 Å². The SMILES string of the molecule is O=S(=O)(O)CCc1ccoc1. The monoisotopic (exact) mass is 176 g/mol. The third-order valence-corrected chi connectivity index (χ3v) is 1.95. The van der Waals surface area contributed by atoms with Gasteiger partial charge in [-0.2, -0.15) is 8.42 Å². The average Bonchev–Trinajstić information content (AvgIpc) is 2.32. The van der Waals surface area contributed by atoms with E-state index < -0.39 is 10.1 Å². The summed E-state index contributed by atoms with van der Waals surface area (Å²) >= 11 is 0. The van der Waals surface area contributed by atoms with Crippen LogP contribution in [0.15, 0.2) is 23.0 Å². The van der Waals surface area contributed by atoms with Crippen LogP contribution in [0.3, 0.4) is 0 Å². The summed E-state index contributed by atoms with van der Waals surface area (Å²) in [6, 6.07) is 1.66. The van der Waals surface area contributed by atoms with Gasteiger partial charge in [0.05, 0.1) is 18.3 Å². The lowest BCUT2D eigenvalue weighted by Gasteiger charge is -1.92. The Morgan fingerprint density at radius 3 is 2.73 bits per heavy atom. The van der Waals surface area contributed by atoms with E-state index in [0.29, 0.717) is 0 Å². The standard InChI is InChI=1S/C6H8O4S/c7-11(8,9)4-2-6-1-3-10-5-6/h1,3,5H,2,4H2,(H,7,8,9). The molecule has 0 atom stereocenters. The summed E-state index contributed by atoms with van der Waals surface area (Å²) in [4.78, 5) is 0. The summed E-state index contributed by atoms with van der Waals surface area (Å²) in [6.45, 7) is 0. The van der Waals surface area contributed by atoms with Crippen molar-refractivity contribution in [2.45, 2.75) is 6.42 Å². The van der Waals surface area contributed by atoms with Crippen molar-refractivity contribution < 1.29 is 17.4 Å². The molecule has 1 rings (SSSR count). The molecule has 1 heterocycles. The molecule has 0 fully saturated rings. The highest BCUT2D eigenvalue weighted by Crippen LogP contribution is 2.01. The Labute approximate surface area is 64.6 Å². The fourth-order valence-electron chi connectivity index (χ4n) is 0.682. The van der Waals surface area contributed by atoms with Gasteiger partial charge in [0.1, 0.15) is 0 Å². The molecule has 0 aliphatic carbocycles. The maximum atomic E-state index is 10.3. The molecular weight excluding hydrogens is 168 g/mol. The summed E-state index contributed by atoms with van der Waals surface area (Å²) in [5.74, 6) is -0.257. The highest BCUT2D eigenvalue weighted by atomic mass is 32.2. The molecule has 0 saturated heterocycles. The van der Waals surface area contributed by atoms with Crippen molar-refractivity contribution in [1.29, 1.82) is 0 Å². The lowest BCUT2D eigenvalue weighted by Crippen LogP contribution is -2.05. The van der Waals surface area contributed by atoms with Crippen LogP contribution in [0.4, 0.5) is 0 Å². The number of hydrogen-bond donors (Lipinski definition) is 1. The minimum atomic E-state index is -3.84. The van der Waals surface area contributed by atoms with Gasteiger partial charge >= 0.3 is 0 Å². The largest absolute Gasteiger partial charge is 0.472 e. The quantitative estimate of drug-likeness (QED) is 0.689. The van der Waals surface area contributed by atoms with Gasteiger partial charge in [0.15, 0.2) is 0 Å². The van der Waals surface area contributed by atoms with Crippen LogP contribution in [0.1, 0.15) is 5.56 Å². The summed E-state index contributed by atoms with van der Waals surface area (Å²) in [7, 11) is -3.84. The van der Waals surface area contributed by atoms with E-state index in [4.69, 9.17) is 8.97 Å². The minimum Gasteiger partial charge on any atom is -0.472 e. The Kier molecular flexibility index (Phi) is 2.31. The third-order valence-electron chi connectivity index (χ3n) is 1.23. The molecule has 0 spiro atoms. The van der Waals surface area contributed by atoms with Crippen LogP contribution >= 0.6 is 0 Å². The van der Waals surface area contributed by atoms with Crippen molar-refractivity contribution in [1.82, 2.24) is 0 Å². The Bertz CT molecular complexity index is 297. The molecule has 1 aromatic rings. The van der Waals surface area contributed by atoms with Crippen molar-refractivity contribution in [2.75, 3.05) is 5.75 Å². The second-order valence-electron chi connectivity index (χ2n) is 2.17. The van der Waals surface area contributed by atoms with Crippen LogP contribution < -0.4 is 0 Å². The van der Waals surface area contributed by atoms with Crippen molar-refractivity contribution >= 4 is 10.1 Å². The zero-order valence-corrected chi connectivity index (χ0v) is 6.54. The predicted molar refractivity (Wildman–Crippen MR) is 38.8 cm³/mol. The molecule has 0 unspecified atom stereocenters. The zero-order valence-electron chi connectivity index (χ0n) is 5.73. The maximum Gasteiger partial charge on any atom is 0.265 e. The van der Waals surface area contributed by atoms with Crippen molar-refractivity contribution in [3.63, 3.8) is 0 Å². The van der Waals surface area contributed by atoms with Crippen molar-refractivity contribution in [3.05, 3.63) is 24.2 Å². The summed E-state index contributed by atoms with van der Waals surface area (Å²) in [6.07, 6.45) is 3.19. The molecule has 0 saturated carbocycles. The Morgan fingerprint density at radius 2 is 2.27 bits per heavy atom. The molecule has 0 aliphatic heterocycles. The Morgan fingerprint density at radius 1 is 1.55 bits per heavy atom. The van der Waals surface area contributed by atoms with E-state index in [9.17, 15) is 8.42 Å². The highest BCUT2D eigenvalue weighted by molar-refractivity contribution is 7.85. The minimum absolute atomic E-state index is 0.257. The van der Waals surface area contributed by atoms with Crippen LogP contribution in [0.25, 0.3) is 0 Å². The molecule has 0 amide bonds. The predicted octanol–water partition coefficient (Wildman–Crippen LogP) is 0.710. The van der Waals surface area contributed by atoms with Crippen LogP contribution in [0.5, 0.6) is 0 Å². The van der Waals surface area contributed by atoms with Gasteiger partial charge in [0.2, 0.25) is 0 Å². The molecule has 0 bridgehead atoms. The fraction of sp³-hybridized carbons (Fsp3) is 0.333. The van der Waals surface area contributed by atoms with Gasteiger partial charge in [-0.15, -0.1) is 0 Å². The second-order valence-corrected chi connectivity index (χ2v) is 3.74. The number of hydrogen-bond acceptors (Lipinski definition) is 3. The Hall–Kier alpha value is -0.810. The normalized spacial score (nSPS) is 11.7. The summed E-state index contributed by atoms with van der Waals surface area (Å²) in [5, 5.41) is 0. The van der Waals surface area contributed by atoms with E-state index in [2.05, 4.69) is 0 Å².